The molecule has 4 heteroatoms. The van der Waals surface area contributed by atoms with Crippen LogP contribution in [0.4, 0.5) is 0 Å². The van der Waals surface area contributed by atoms with E-state index in [0.717, 1.165) is 29.4 Å². The van der Waals surface area contributed by atoms with E-state index in [1.54, 1.807) is 0 Å². The topological polar surface area (TPSA) is 69.4 Å². The van der Waals surface area contributed by atoms with Gasteiger partial charge in [0.2, 0.25) is 0 Å². The summed E-state index contributed by atoms with van der Waals surface area (Å²) in [5.74, 6) is -0.403. The van der Waals surface area contributed by atoms with Gasteiger partial charge < -0.3 is 10.5 Å². The lowest BCUT2D eigenvalue weighted by Gasteiger charge is -2.10. The fourth-order valence-corrected chi connectivity index (χ4v) is 2.23. The fraction of sp³-hybridized carbons (Fsp3) is 0.222. The Bertz CT molecular complexity index is 632. The van der Waals surface area contributed by atoms with Crippen molar-refractivity contribution in [3.05, 3.63) is 70.8 Å². The van der Waals surface area contributed by atoms with E-state index in [2.05, 4.69) is 4.74 Å². The minimum Gasteiger partial charge on any atom is -0.468 e. The van der Waals surface area contributed by atoms with Crippen LogP contribution in [0.1, 0.15) is 27.0 Å². The number of carbonyl (C=O) groups excluding carboxylic acids is 2. The molecule has 2 aromatic rings. The molecule has 4 nitrogen and oxygen atoms in total. The van der Waals surface area contributed by atoms with Crippen molar-refractivity contribution in [3.63, 3.8) is 0 Å². The van der Waals surface area contributed by atoms with Crippen molar-refractivity contribution >= 4 is 12.3 Å². The van der Waals surface area contributed by atoms with Crippen LogP contribution in [-0.2, 0) is 22.4 Å². The van der Waals surface area contributed by atoms with Gasteiger partial charge in [0, 0.05) is 5.56 Å². The van der Waals surface area contributed by atoms with Gasteiger partial charge in [-0.2, -0.15) is 0 Å². The maximum absolute atomic E-state index is 11.3. The van der Waals surface area contributed by atoms with Crippen LogP contribution < -0.4 is 5.73 Å². The van der Waals surface area contributed by atoms with Gasteiger partial charge in [-0.05, 0) is 29.5 Å². The highest BCUT2D eigenvalue weighted by atomic mass is 16.5. The summed E-state index contributed by atoms with van der Waals surface area (Å²) in [5.41, 5.74) is 9.73. The highest BCUT2D eigenvalue weighted by molar-refractivity contribution is 5.75. The van der Waals surface area contributed by atoms with Crippen molar-refractivity contribution in [2.75, 3.05) is 7.11 Å². The maximum Gasteiger partial charge on any atom is 0.322 e. The van der Waals surface area contributed by atoms with Crippen molar-refractivity contribution in [2.24, 2.45) is 5.73 Å². The highest BCUT2D eigenvalue weighted by Gasteiger charge is 2.13. The van der Waals surface area contributed by atoms with Gasteiger partial charge in [-0.3, -0.25) is 9.59 Å². The lowest BCUT2D eigenvalue weighted by atomic mass is 10.0. The first kappa shape index (κ1) is 15.9. The number of carbonyl (C=O) groups is 2. The van der Waals surface area contributed by atoms with E-state index in [1.165, 1.54) is 7.11 Å². The lowest BCUT2D eigenvalue weighted by molar-refractivity contribution is -0.142. The van der Waals surface area contributed by atoms with Gasteiger partial charge in [0.15, 0.2) is 0 Å². The van der Waals surface area contributed by atoms with E-state index in [4.69, 9.17) is 5.73 Å². The zero-order valence-electron chi connectivity index (χ0n) is 12.5. The Morgan fingerprint density at radius 2 is 1.55 bits per heavy atom. The summed E-state index contributed by atoms with van der Waals surface area (Å²) in [6, 6.07) is 14.9. The van der Waals surface area contributed by atoms with Crippen LogP contribution >= 0.6 is 0 Å². The summed E-state index contributed by atoms with van der Waals surface area (Å²) in [6.07, 6.45) is 2.09. The van der Waals surface area contributed by atoms with Crippen molar-refractivity contribution in [2.45, 2.75) is 18.9 Å². The quantitative estimate of drug-likeness (QED) is 0.655. The number of nitrogens with two attached hydrogens (primary N) is 1. The molecular weight excluding hydrogens is 278 g/mol. The summed E-state index contributed by atoms with van der Waals surface area (Å²) in [6.45, 7) is 0. The molecule has 2 N–H and O–H groups in total. The van der Waals surface area contributed by atoms with Gasteiger partial charge in [0.25, 0.3) is 0 Å². The number of ether oxygens (including phenoxy) is 1. The van der Waals surface area contributed by atoms with Crippen LogP contribution in [0.25, 0.3) is 0 Å². The van der Waals surface area contributed by atoms with E-state index in [1.807, 2.05) is 48.5 Å². The molecule has 2 aromatic carbocycles. The number of benzene rings is 2. The van der Waals surface area contributed by atoms with E-state index >= 15 is 0 Å². The summed E-state index contributed by atoms with van der Waals surface area (Å²) >= 11 is 0. The number of hydrogen-bond acceptors (Lipinski definition) is 4. The van der Waals surface area contributed by atoms with Crippen molar-refractivity contribution in [3.8, 4) is 0 Å². The molecule has 0 amide bonds. The van der Waals surface area contributed by atoms with Crippen molar-refractivity contribution in [1.29, 1.82) is 0 Å². The van der Waals surface area contributed by atoms with Crippen molar-refractivity contribution in [1.82, 2.24) is 0 Å². The largest absolute Gasteiger partial charge is 0.468 e. The second kappa shape index (κ2) is 7.52. The summed E-state index contributed by atoms with van der Waals surface area (Å²) in [4.78, 5) is 21.9. The molecule has 0 aromatic heterocycles. The molecule has 0 spiro atoms. The van der Waals surface area contributed by atoms with Gasteiger partial charge in [-0.1, -0.05) is 48.5 Å². The third kappa shape index (κ3) is 4.27. The van der Waals surface area contributed by atoms with Crippen LogP contribution in [0, 0.1) is 0 Å². The number of esters is 1. The van der Waals surface area contributed by atoms with Crippen molar-refractivity contribution < 1.29 is 14.3 Å². The first-order valence-electron chi connectivity index (χ1n) is 7.07. The Morgan fingerprint density at radius 1 is 1.05 bits per heavy atom. The molecule has 0 heterocycles. The number of rotatable bonds is 6. The highest BCUT2D eigenvalue weighted by Crippen LogP contribution is 2.12. The molecule has 0 saturated heterocycles. The normalized spacial score (nSPS) is 11.7. The molecule has 0 aliphatic heterocycles. The van der Waals surface area contributed by atoms with E-state index in [-0.39, 0.29) is 0 Å². The number of methoxy groups -OCH3 is 1. The third-order valence-corrected chi connectivity index (χ3v) is 3.51. The summed E-state index contributed by atoms with van der Waals surface area (Å²) in [5, 5.41) is 0. The zero-order valence-corrected chi connectivity index (χ0v) is 12.5. The first-order valence-corrected chi connectivity index (χ1v) is 7.07. The molecule has 0 aliphatic rings. The molecule has 22 heavy (non-hydrogen) atoms. The standard InChI is InChI=1S/C18H19NO3/c1-22-18(21)17(19)11-15-4-2-13(3-5-15)10-14-6-8-16(12-20)9-7-14/h2-9,12,17H,10-11,19H2,1H3/t17-/m1/s1. The van der Waals surface area contributed by atoms with Crippen LogP contribution in [0.15, 0.2) is 48.5 Å². The molecule has 0 aliphatic carbocycles. The molecule has 114 valence electrons. The predicted octanol–water partition coefficient (Wildman–Crippen LogP) is 2.13. The van der Waals surface area contributed by atoms with Gasteiger partial charge in [-0.25, -0.2) is 0 Å². The second-order valence-electron chi connectivity index (χ2n) is 5.19. The summed E-state index contributed by atoms with van der Waals surface area (Å²) in [7, 11) is 1.33. The molecular formula is C18H19NO3. The van der Waals surface area contributed by atoms with Crippen LogP contribution in [-0.4, -0.2) is 25.4 Å². The molecule has 0 radical (unpaired) electrons. The second-order valence-corrected chi connectivity index (χ2v) is 5.19. The Hall–Kier alpha value is -2.46. The Labute approximate surface area is 129 Å². The Balaban J connectivity index is 1.99. The molecule has 0 saturated carbocycles. The monoisotopic (exact) mass is 297 g/mol. The first-order chi connectivity index (χ1) is 10.6. The summed E-state index contributed by atoms with van der Waals surface area (Å²) < 4.78 is 4.62. The molecule has 1 atom stereocenters. The minimum atomic E-state index is -0.633. The fourth-order valence-electron chi connectivity index (χ4n) is 2.23. The van der Waals surface area contributed by atoms with E-state index in [0.29, 0.717) is 12.0 Å². The number of aldehydes is 1. The van der Waals surface area contributed by atoms with Gasteiger partial charge in [0.1, 0.15) is 12.3 Å². The van der Waals surface area contributed by atoms with E-state index < -0.39 is 12.0 Å². The third-order valence-electron chi connectivity index (χ3n) is 3.51. The maximum atomic E-state index is 11.3. The van der Waals surface area contributed by atoms with Gasteiger partial charge in [0.05, 0.1) is 7.11 Å². The van der Waals surface area contributed by atoms with Gasteiger partial charge >= 0.3 is 5.97 Å². The minimum absolute atomic E-state index is 0.403. The average molecular weight is 297 g/mol. The molecule has 0 unspecified atom stereocenters. The van der Waals surface area contributed by atoms with Gasteiger partial charge in [-0.15, -0.1) is 0 Å². The molecule has 2 rings (SSSR count). The zero-order chi connectivity index (χ0) is 15.9. The van der Waals surface area contributed by atoms with Crippen LogP contribution in [0.3, 0.4) is 0 Å². The average Bonchev–Trinajstić information content (AvgIpc) is 2.56. The number of hydrogen-bond donors (Lipinski definition) is 1. The van der Waals surface area contributed by atoms with E-state index in [9.17, 15) is 9.59 Å². The molecule has 0 fully saturated rings. The Morgan fingerprint density at radius 3 is 2.05 bits per heavy atom. The smallest absolute Gasteiger partial charge is 0.322 e. The Kier molecular flexibility index (Phi) is 5.44. The SMILES string of the molecule is COC(=O)[C@H](N)Cc1ccc(Cc2ccc(C=O)cc2)cc1. The van der Waals surface area contributed by atoms with Crippen LogP contribution in [0.5, 0.6) is 0 Å². The molecule has 0 bridgehead atoms. The lowest BCUT2D eigenvalue weighted by Crippen LogP contribution is -2.33. The van der Waals surface area contributed by atoms with Crippen LogP contribution in [0.2, 0.25) is 0 Å². The predicted molar refractivity (Wildman–Crippen MR) is 84.8 cm³/mol.